The third kappa shape index (κ3) is 3.58. The van der Waals surface area contributed by atoms with Crippen LogP contribution in [0.4, 0.5) is 0 Å². The molecule has 0 aromatic rings. The first kappa shape index (κ1) is 12.0. The molecule has 0 saturated carbocycles. The molecule has 1 saturated heterocycles. The summed E-state index contributed by atoms with van der Waals surface area (Å²) in [6.45, 7) is 10.4. The van der Waals surface area contributed by atoms with Crippen molar-refractivity contribution in [3.8, 4) is 0 Å². The van der Waals surface area contributed by atoms with Crippen LogP contribution in [0.5, 0.6) is 0 Å². The molecule has 1 heterocycles. The molecule has 2 heteroatoms. The van der Waals surface area contributed by atoms with E-state index in [1.807, 2.05) is 0 Å². The van der Waals surface area contributed by atoms with E-state index >= 15 is 0 Å². The summed E-state index contributed by atoms with van der Waals surface area (Å²) in [7, 11) is 0. The molecule has 2 atom stereocenters. The molecule has 0 aromatic carbocycles. The second-order valence-corrected chi connectivity index (χ2v) is 5.03. The normalized spacial score (nSPS) is 24.9. The molecule has 0 aliphatic carbocycles. The van der Waals surface area contributed by atoms with Gasteiger partial charge in [0.2, 0.25) is 0 Å². The van der Waals surface area contributed by atoms with Crippen LogP contribution in [0.25, 0.3) is 0 Å². The molecule has 0 aromatic heterocycles. The monoisotopic (exact) mass is 198 g/mol. The summed E-state index contributed by atoms with van der Waals surface area (Å²) in [6, 6.07) is 0.369. The minimum atomic E-state index is 0.369. The Labute approximate surface area is 88.8 Å². The molecule has 0 spiro atoms. The first-order valence-corrected chi connectivity index (χ1v) is 6.11. The van der Waals surface area contributed by atoms with Crippen LogP contribution in [0.1, 0.15) is 40.0 Å². The van der Waals surface area contributed by atoms with Gasteiger partial charge in [0.25, 0.3) is 0 Å². The zero-order valence-electron chi connectivity index (χ0n) is 10.00. The topological polar surface area (TPSA) is 29.3 Å². The maximum absolute atomic E-state index is 6.15. The van der Waals surface area contributed by atoms with Crippen LogP contribution in [0, 0.1) is 11.8 Å². The smallest absolute Gasteiger partial charge is 0.0193 e. The van der Waals surface area contributed by atoms with Gasteiger partial charge >= 0.3 is 0 Å². The highest BCUT2D eigenvalue weighted by Crippen LogP contribution is 2.17. The number of hydrogen-bond donors (Lipinski definition) is 1. The second kappa shape index (κ2) is 5.72. The van der Waals surface area contributed by atoms with Crippen LogP contribution in [-0.2, 0) is 0 Å². The van der Waals surface area contributed by atoms with Crippen molar-refractivity contribution in [2.75, 3.05) is 19.6 Å². The third-order valence-electron chi connectivity index (χ3n) is 3.72. The van der Waals surface area contributed by atoms with Crippen molar-refractivity contribution in [3.05, 3.63) is 0 Å². The maximum atomic E-state index is 6.15. The average molecular weight is 198 g/mol. The first-order valence-electron chi connectivity index (χ1n) is 6.11. The van der Waals surface area contributed by atoms with E-state index in [-0.39, 0.29) is 0 Å². The van der Waals surface area contributed by atoms with Gasteiger partial charge in [0.1, 0.15) is 0 Å². The SMILES string of the molecule is CCC(C)C(N)CN1CCC(C)CC1. The van der Waals surface area contributed by atoms with Crippen LogP contribution in [-0.4, -0.2) is 30.6 Å². The fourth-order valence-corrected chi connectivity index (χ4v) is 2.03. The summed E-state index contributed by atoms with van der Waals surface area (Å²) in [4.78, 5) is 2.54. The van der Waals surface area contributed by atoms with Gasteiger partial charge in [-0.2, -0.15) is 0 Å². The minimum Gasteiger partial charge on any atom is -0.326 e. The highest BCUT2D eigenvalue weighted by Gasteiger charge is 2.19. The molecule has 0 bridgehead atoms. The van der Waals surface area contributed by atoms with Crippen molar-refractivity contribution in [3.63, 3.8) is 0 Å². The van der Waals surface area contributed by atoms with Crippen LogP contribution in [0.2, 0.25) is 0 Å². The largest absolute Gasteiger partial charge is 0.326 e. The summed E-state index contributed by atoms with van der Waals surface area (Å²) < 4.78 is 0. The highest BCUT2D eigenvalue weighted by molar-refractivity contribution is 4.76. The molecule has 1 rings (SSSR count). The fraction of sp³-hybridized carbons (Fsp3) is 1.00. The zero-order valence-corrected chi connectivity index (χ0v) is 10.00. The number of rotatable bonds is 4. The lowest BCUT2D eigenvalue weighted by molar-refractivity contribution is 0.170. The Balaban J connectivity index is 2.23. The number of likely N-dealkylation sites (tertiary alicyclic amines) is 1. The predicted molar refractivity (Wildman–Crippen MR) is 62.3 cm³/mol. The van der Waals surface area contributed by atoms with Gasteiger partial charge in [-0.3, -0.25) is 0 Å². The van der Waals surface area contributed by atoms with Crippen molar-refractivity contribution >= 4 is 0 Å². The van der Waals surface area contributed by atoms with E-state index in [2.05, 4.69) is 25.7 Å². The van der Waals surface area contributed by atoms with E-state index in [0.717, 1.165) is 12.5 Å². The number of hydrogen-bond acceptors (Lipinski definition) is 2. The molecule has 1 aliphatic rings. The van der Waals surface area contributed by atoms with Crippen LogP contribution < -0.4 is 5.73 Å². The first-order chi connectivity index (χ1) is 6.63. The van der Waals surface area contributed by atoms with E-state index in [1.54, 1.807) is 0 Å². The van der Waals surface area contributed by atoms with Crippen molar-refractivity contribution in [2.45, 2.75) is 46.1 Å². The Morgan fingerprint density at radius 1 is 1.36 bits per heavy atom. The second-order valence-electron chi connectivity index (χ2n) is 5.03. The molecule has 1 fully saturated rings. The molecule has 84 valence electrons. The standard InChI is InChI=1S/C12H26N2/c1-4-11(3)12(13)9-14-7-5-10(2)6-8-14/h10-12H,4-9,13H2,1-3H3. The van der Waals surface area contributed by atoms with E-state index < -0.39 is 0 Å². The molecule has 2 unspecified atom stereocenters. The van der Waals surface area contributed by atoms with Gasteiger partial charge in [0.15, 0.2) is 0 Å². The Kier molecular flexibility index (Phi) is 4.90. The molecule has 1 aliphatic heterocycles. The van der Waals surface area contributed by atoms with Crippen LogP contribution >= 0.6 is 0 Å². The van der Waals surface area contributed by atoms with Crippen LogP contribution in [0.3, 0.4) is 0 Å². The molecule has 0 radical (unpaired) electrons. The van der Waals surface area contributed by atoms with Gasteiger partial charge in [0, 0.05) is 12.6 Å². The summed E-state index contributed by atoms with van der Waals surface area (Å²) in [5, 5.41) is 0. The van der Waals surface area contributed by atoms with E-state index in [4.69, 9.17) is 5.73 Å². The summed E-state index contributed by atoms with van der Waals surface area (Å²) in [6.07, 6.45) is 3.91. The van der Waals surface area contributed by atoms with E-state index in [1.165, 1.54) is 32.4 Å². The Morgan fingerprint density at radius 2 is 1.93 bits per heavy atom. The molecule has 0 amide bonds. The Hall–Kier alpha value is -0.0800. The lowest BCUT2D eigenvalue weighted by Crippen LogP contribution is -2.44. The lowest BCUT2D eigenvalue weighted by Gasteiger charge is -2.33. The van der Waals surface area contributed by atoms with Gasteiger partial charge < -0.3 is 10.6 Å². The van der Waals surface area contributed by atoms with E-state index in [0.29, 0.717) is 12.0 Å². The van der Waals surface area contributed by atoms with Crippen molar-refractivity contribution in [1.29, 1.82) is 0 Å². The van der Waals surface area contributed by atoms with Crippen molar-refractivity contribution in [2.24, 2.45) is 17.6 Å². The van der Waals surface area contributed by atoms with Gasteiger partial charge in [-0.15, -0.1) is 0 Å². The van der Waals surface area contributed by atoms with Gasteiger partial charge in [-0.1, -0.05) is 27.2 Å². The Bertz CT molecular complexity index is 150. The molecule has 14 heavy (non-hydrogen) atoms. The highest BCUT2D eigenvalue weighted by atomic mass is 15.1. The van der Waals surface area contributed by atoms with Gasteiger partial charge in [-0.05, 0) is 37.8 Å². The summed E-state index contributed by atoms with van der Waals surface area (Å²) in [5.41, 5.74) is 6.15. The molecular formula is C12H26N2. The maximum Gasteiger partial charge on any atom is 0.0193 e. The quantitative estimate of drug-likeness (QED) is 0.749. The number of piperidine rings is 1. The third-order valence-corrected chi connectivity index (χ3v) is 3.72. The predicted octanol–water partition coefficient (Wildman–Crippen LogP) is 2.09. The van der Waals surface area contributed by atoms with Crippen molar-refractivity contribution < 1.29 is 0 Å². The van der Waals surface area contributed by atoms with Crippen molar-refractivity contribution in [1.82, 2.24) is 4.90 Å². The van der Waals surface area contributed by atoms with Gasteiger partial charge in [-0.25, -0.2) is 0 Å². The Morgan fingerprint density at radius 3 is 2.43 bits per heavy atom. The molecule has 2 nitrogen and oxygen atoms in total. The fourth-order valence-electron chi connectivity index (χ4n) is 2.03. The molecule has 2 N–H and O–H groups in total. The lowest BCUT2D eigenvalue weighted by atomic mass is 9.96. The van der Waals surface area contributed by atoms with Crippen LogP contribution in [0.15, 0.2) is 0 Å². The average Bonchev–Trinajstić information content (AvgIpc) is 2.20. The van der Waals surface area contributed by atoms with Gasteiger partial charge in [0.05, 0.1) is 0 Å². The summed E-state index contributed by atoms with van der Waals surface area (Å²) in [5.74, 6) is 1.58. The minimum absolute atomic E-state index is 0.369. The number of nitrogens with zero attached hydrogens (tertiary/aromatic N) is 1. The zero-order chi connectivity index (χ0) is 10.6. The summed E-state index contributed by atoms with van der Waals surface area (Å²) >= 11 is 0. The molecular weight excluding hydrogens is 172 g/mol. The number of nitrogens with two attached hydrogens (primary N) is 1. The van der Waals surface area contributed by atoms with E-state index in [9.17, 15) is 0 Å².